The second kappa shape index (κ2) is 4.06. The van der Waals surface area contributed by atoms with Crippen LogP contribution in [0.25, 0.3) is 0 Å². The third-order valence-electron chi connectivity index (χ3n) is 2.25. The molecular weight excluding hydrogens is 202 g/mol. The minimum atomic E-state index is -0.968. The molecule has 2 rings (SSSR count). The van der Waals surface area contributed by atoms with Gasteiger partial charge in [-0.05, 0) is 19.3 Å². The lowest BCUT2D eigenvalue weighted by Crippen LogP contribution is -2.21. The van der Waals surface area contributed by atoms with Crippen molar-refractivity contribution in [1.82, 2.24) is 4.98 Å². The number of thiazole rings is 1. The van der Waals surface area contributed by atoms with E-state index in [1.165, 1.54) is 6.42 Å². The summed E-state index contributed by atoms with van der Waals surface area (Å²) < 4.78 is 5.51. The third kappa shape index (κ3) is 2.10. The normalized spacial score (nSPS) is 16.6. The molecule has 1 aliphatic rings. The monoisotopic (exact) mass is 213 g/mol. The number of carboxylic acids is 1. The van der Waals surface area contributed by atoms with Crippen LogP contribution in [0.4, 0.5) is 0 Å². The first-order valence-electron chi connectivity index (χ1n) is 4.55. The second-order valence-electron chi connectivity index (χ2n) is 3.31. The number of aromatic nitrogens is 1. The van der Waals surface area contributed by atoms with Crippen molar-refractivity contribution in [2.75, 3.05) is 0 Å². The van der Waals surface area contributed by atoms with E-state index in [1.807, 2.05) is 0 Å². The predicted molar refractivity (Wildman–Crippen MR) is 51.5 cm³/mol. The Balaban J connectivity index is 1.86. The van der Waals surface area contributed by atoms with Crippen LogP contribution in [0.1, 0.15) is 34.8 Å². The fourth-order valence-corrected chi connectivity index (χ4v) is 1.85. The molecule has 0 bridgehead atoms. The lowest BCUT2D eigenvalue weighted by atomic mass is 9.96. The quantitative estimate of drug-likeness (QED) is 0.830. The fraction of sp³-hybridized carbons (Fsp3) is 0.556. The summed E-state index contributed by atoms with van der Waals surface area (Å²) in [6.07, 6.45) is 3.85. The fourth-order valence-electron chi connectivity index (χ4n) is 1.21. The van der Waals surface area contributed by atoms with Gasteiger partial charge in [0.1, 0.15) is 0 Å². The minimum absolute atomic E-state index is 0.136. The van der Waals surface area contributed by atoms with Crippen molar-refractivity contribution in [2.45, 2.75) is 32.0 Å². The highest BCUT2D eigenvalue weighted by molar-refractivity contribution is 7.11. The second-order valence-corrected chi connectivity index (χ2v) is 4.17. The van der Waals surface area contributed by atoms with Crippen LogP contribution in [0.3, 0.4) is 0 Å². The summed E-state index contributed by atoms with van der Waals surface area (Å²) in [6, 6.07) is 0. The van der Waals surface area contributed by atoms with E-state index in [9.17, 15) is 4.79 Å². The van der Waals surface area contributed by atoms with Crippen LogP contribution in [-0.4, -0.2) is 22.2 Å². The van der Waals surface area contributed by atoms with Crippen molar-refractivity contribution in [3.63, 3.8) is 0 Å². The minimum Gasteiger partial charge on any atom is -0.476 e. The summed E-state index contributed by atoms with van der Waals surface area (Å²) in [5, 5.41) is 10.5. The molecule has 1 aromatic rings. The molecule has 0 atom stereocenters. The van der Waals surface area contributed by atoms with Crippen LogP contribution >= 0.6 is 11.3 Å². The Bertz CT molecular complexity index is 333. The molecule has 0 aromatic carbocycles. The highest BCUT2D eigenvalue weighted by atomic mass is 32.1. The van der Waals surface area contributed by atoms with Gasteiger partial charge in [-0.3, -0.25) is 0 Å². The molecule has 1 N–H and O–H groups in total. The van der Waals surface area contributed by atoms with Crippen LogP contribution in [0.5, 0.6) is 0 Å². The zero-order valence-electron chi connectivity index (χ0n) is 7.60. The van der Waals surface area contributed by atoms with Crippen molar-refractivity contribution < 1.29 is 14.6 Å². The van der Waals surface area contributed by atoms with Gasteiger partial charge in [-0.2, -0.15) is 0 Å². The number of aromatic carboxylic acids is 1. The molecule has 5 heteroatoms. The maximum absolute atomic E-state index is 10.5. The lowest BCUT2D eigenvalue weighted by Gasteiger charge is -2.24. The van der Waals surface area contributed by atoms with Gasteiger partial charge in [-0.1, -0.05) is 0 Å². The van der Waals surface area contributed by atoms with Gasteiger partial charge in [0, 0.05) is 5.38 Å². The van der Waals surface area contributed by atoms with Gasteiger partial charge in [-0.15, -0.1) is 11.3 Å². The zero-order chi connectivity index (χ0) is 9.97. The van der Waals surface area contributed by atoms with Crippen molar-refractivity contribution in [2.24, 2.45) is 0 Å². The number of ether oxygens (including phenoxy) is 1. The smallest absolute Gasteiger partial charge is 0.365 e. The molecule has 0 aliphatic heterocycles. The molecule has 0 unspecified atom stereocenters. The molecule has 0 radical (unpaired) electrons. The predicted octanol–water partition coefficient (Wildman–Crippen LogP) is 1.91. The van der Waals surface area contributed by atoms with Gasteiger partial charge < -0.3 is 9.84 Å². The highest BCUT2D eigenvalue weighted by Crippen LogP contribution is 2.23. The highest BCUT2D eigenvalue weighted by Gasteiger charge is 2.18. The summed E-state index contributed by atoms with van der Waals surface area (Å²) in [5.74, 6) is -0.968. The molecule has 0 saturated heterocycles. The average molecular weight is 213 g/mol. The summed E-state index contributed by atoms with van der Waals surface area (Å²) in [7, 11) is 0. The number of rotatable bonds is 4. The van der Waals surface area contributed by atoms with Crippen LogP contribution in [0.15, 0.2) is 5.38 Å². The largest absolute Gasteiger partial charge is 0.476 e. The van der Waals surface area contributed by atoms with Crippen molar-refractivity contribution >= 4 is 17.3 Å². The Labute approximate surface area is 85.5 Å². The standard InChI is InChI=1S/C9H11NO3S/c11-9(12)8-10-6(5-14-8)4-13-7-2-1-3-7/h5,7H,1-4H2,(H,11,12). The molecule has 1 heterocycles. The summed E-state index contributed by atoms with van der Waals surface area (Å²) in [5.41, 5.74) is 0.722. The first kappa shape index (κ1) is 9.61. The number of carbonyl (C=O) groups is 1. The molecule has 1 aliphatic carbocycles. The lowest BCUT2D eigenvalue weighted by molar-refractivity contribution is -0.00992. The van der Waals surface area contributed by atoms with E-state index >= 15 is 0 Å². The van der Waals surface area contributed by atoms with Crippen molar-refractivity contribution in [1.29, 1.82) is 0 Å². The Morgan fingerprint density at radius 3 is 3.00 bits per heavy atom. The van der Waals surface area contributed by atoms with Crippen LogP contribution < -0.4 is 0 Å². The van der Waals surface area contributed by atoms with Gasteiger partial charge in [0.2, 0.25) is 5.01 Å². The number of hydrogen-bond donors (Lipinski definition) is 1. The summed E-state index contributed by atoms with van der Waals surface area (Å²) in [4.78, 5) is 14.5. The zero-order valence-corrected chi connectivity index (χ0v) is 8.42. The molecule has 76 valence electrons. The Morgan fingerprint density at radius 2 is 2.50 bits per heavy atom. The van der Waals surface area contributed by atoms with Crippen LogP contribution in [0.2, 0.25) is 0 Å². The first-order valence-corrected chi connectivity index (χ1v) is 5.43. The van der Waals surface area contributed by atoms with E-state index in [0.717, 1.165) is 29.9 Å². The SMILES string of the molecule is O=C(O)c1nc(COC2CCC2)cs1. The molecule has 0 spiro atoms. The van der Waals surface area contributed by atoms with Crippen LogP contribution in [0, 0.1) is 0 Å². The van der Waals surface area contributed by atoms with Gasteiger partial charge in [0.15, 0.2) is 0 Å². The number of nitrogens with zero attached hydrogens (tertiary/aromatic N) is 1. The van der Waals surface area contributed by atoms with E-state index in [0.29, 0.717) is 12.7 Å². The topological polar surface area (TPSA) is 59.4 Å². The molecule has 4 nitrogen and oxygen atoms in total. The van der Waals surface area contributed by atoms with E-state index in [-0.39, 0.29) is 5.01 Å². The molecule has 1 saturated carbocycles. The van der Waals surface area contributed by atoms with Crippen molar-refractivity contribution in [3.8, 4) is 0 Å². The van der Waals surface area contributed by atoms with Gasteiger partial charge >= 0.3 is 5.97 Å². The van der Waals surface area contributed by atoms with Crippen molar-refractivity contribution in [3.05, 3.63) is 16.1 Å². The first-order chi connectivity index (χ1) is 6.75. The Kier molecular flexibility index (Phi) is 2.79. The molecule has 0 amide bonds. The summed E-state index contributed by atoms with van der Waals surface area (Å²) >= 11 is 1.14. The molecule has 1 aromatic heterocycles. The maximum Gasteiger partial charge on any atom is 0.365 e. The van der Waals surface area contributed by atoms with Crippen LogP contribution in [-0.2, 0) is 11.3 Å². The number of carboxylic acid groups (broad SMARTS) is 1. The third-order valence-corrected chi connectivity index (χ3v) is 3.13. The van der Waals surface area contributed by atoms with E-state index in [4.69, 9.17) is 9.84 Å². The maximum atomic E-state index is 10.5. The Hall–Kier alpha value is -0.940. The van der Waals surface area contributed by atoms with E-state index in [1.54, 1.807) is 5.38 Å². The Morgan fingerprint density at radius 1 is 1.71 bits per heavy atom. The van der Waals surface area contributed by atoms with Gasteiger partial charge in [-0.25, -0.2) is 9.78 Å². The van der Waals surface area contributed by atoms with Gasteiger partial charge in [0.25, 0.3) is 0 Å². The number of hydrogen-bond acceptors (Lipinski definition) is 4. The molecular formula is C9H11NO3S. The average Bonchev–Trinajstić information content (AvgIpc) is 2.50. The van der Waals surface area contributed by atoms with Gasteiger partial charge in [0.05, 0.1) is 18.4 Å². The van der Waals surface area contributed by atoms with E-state index in [2.05, 4.69) is 4.98 Å². The molecule has 14 heavy (non-hydrogen) atoms. The van der Waals surface area contributed by atoms with E-state index < -0.39 is 5.97 Å². The molecule has 1 fully saturated rings. The summed E-state index contributed by atoms with van der Waals surface area (Å²) in [6.45, 7) is 0.439.